The van der Waals surface area contributed by atoms with Crippen molar-refractivity contribution in [2.45, 2.75) is 118 Å². The van der Waals surface area contributed by atoms with Gasteiger partial charge in [-0.3, -0.25) is 4.79 Å². The van der Waals surface area contributed by atoms with E-state index in [1.165, 1.54) is 0 Å². The van der Waals surface area contributed by atoms with Crippen LogP contribution in [0.5, 0.6) is 5.75 Å². The fraction of sp³-hybridized carbons (Fsp3) is 0.781. The maximum absolute atomic E-state index is 13.6. The molecule has 0 unspecified atom stereocenters. The van der Waals surface area contributed by atoms with Crippen LogP contribution >= 0.6 is 0 Å². The molecule has 3 heterocycles. The average Bonchev–Trinajstić information content (AvgIpc) is 2.91. The highest BCUT2D eigenvalue weighted by molar-refractivity contribution is 5.73. The Kier molecular flexibility index (Phi) is 9.36. The van der Waals surface area contributed by atoms with E-state index in [1.807, 2.05) is 45.0 Å². The summed E-state index contributed by atoms with van der Waals surface area (Å²) in [6, 6.07) is 7.88. The third kappa shape index (κ3) is 6.32. The lowest BCUT2D eigenvalue weighted by Gasteiger charge is -2.50. The van der Waals surface area contributed by atoms with Crippen molar-refractivity contribution in [2.75, 3.05) is 7.11 Å². The highest BCUT2D eigenvalue weighted by atomic mass is 16.7. The van der Waals surface area contributed by atoms with Crippen LogP contribution in [0.1, 0.15) is 87.0 Å². The highest BCUT2D eigenvalue weighted by Crippen LogP contribution is 2.45. The lowest BCUT2D eigenvalue weighted by molar-refractivity contribution is -0.336. The number of methoxy groups -OCH3 is 1. The van der Waals surface area contributed by atoms with E-state index in [2.05, 4.69) is 41.5 Å². The van der Waals surface area contributed by atoms with Crippen LogP contribution < -0.4 is 4.74 Å². The molecule has 7 nitrogen and oxygen atoms in total. The molecular formula is C32H50O7. The molecule has 3 aliphatic rings. The fourth-order valence-corrected chi connectivity index (χ4v) is 7.22. The second-order valence-electron chi connectivity index (χ2n) is 12.8. The second-order valence-corrected chi connectivity index (χ2v) is 12.8. The molecular weight excluding hydrogens is 496 g/mol. The van der Waals surface area contributed by atoms with Gasteiger partial charge in [0.15, 0.2) is 12.1 Å². The Morgan fingerprint density at radius 1 is 0.821 bits per heavy atom. The summed E-state index contributed by atoms with van der Waals surface area (Å²) < 4.78 is 37.9. The molecule has 4 rings (SSSR count). The quantitative estimate of drug-likeness (QED) is 0.399. The van der Waals surface area contributed by atoms with Gasteiger partial charge in [0.05, 0.1) is 37.4 Å². The average molecular weight is 547 g/mol. The molecule has 0 aliphatic carbocycles. The van der Waals surface area contributed by atoms with Gasteiger partial charge in [-0.2, -0.15) is 0 Å². The minimum atomic E-state index is -0.782. The van der Waals surface area contributed by atoms with Crippen molar-refractivity contribution in [1.29, 1.82) is 0 Å². The lowest BCUT2D eigenvalue weighted by atomic mass is 9.75. The van der Waals surface area contributed by atoms with Gasteiger partial charge in [-0.15, -0.1) is 0 Å². The molecule has 0 N–H and O–H groups in total. The van der Waals surface area contributed by atoms with Gasteiger partial charge >= 0.3 is 5.97 Å². The summed E-state index contributed by atoms with van der Waals surface area (Å²) in [6.07, 6.45) is 0.329. The largest absolute Gasteiger partial charge is 0.497 e. The maximum atomic E-state index is 13.6. The molecule has 0 amide bonds. The van der Waals surface area contributed by atoms with Gasteiger partial charge < -0.3 is 28.4 Å². The Morgan fingerprint density at radius 3 is 2.00 bits per heavy atom. The Morgan fingerprint density at radius 2 is 1.38 bits per heavy atom. The third-order valence-corrected chi connectivity index (χ3v) is 9.37. The van der Waals surface area contributed by atoms with Crippen LogP contribution in [-0.2, 0) is 28.5 Å². The Labute approximate surface area is 235 Å². The number of rotatable bonds is 3. The van der Waals surface area contributed by atoms with Crippen molar-refractivity contribution in [3.8, 4) is 5.75 Å². The first-order valence-electron chi connectivity index (χ1n) is 14.9. The van der Waals surface area contributed by atoms with Crippen molar-refractivity contribution < 1.29 is 33.2 Å². The number of carbonyl (C=O) groups excluding carboxylic acids is 1. The maximum Gasteiger partial charge on any atom is 0.311 e. The lowest BCUT2D eigenvalue weighted by Crippen LogP contribution is -2.56. The fourth-order valence-electron chi connectivity index (χ4n) is 7.22. The van der Waals surface area contributed by atoms with Crippen LogP contribution in [0.15, 0.2) is 24.3 Å². The number of cyclic esters (lactones) is 1. The van der Waals surface area contributed by atoms with Gasteiger partial charge in [0.1, 0.15) is 11.9 Å². The summed E-state index contributed by atoms with van der Waals surface area (Å²) >= 11 is 0. The van der Waals surface area contributed by atoms with E-state index in [9.17, 15) is 4.79 Å². The van der Waals surface area contributed by atoms with Gasteiger partial charge in [0.2, 0.25) is 0 Å². The van der Waals surface area contributed by atoms with Crippen molar-refractivity contribution >= 4 is 5.97 Å². The van der Waals surface area contributed by atoms with Crippen LogP contribution in [0, 0.1) is 35.5 Å². The number of fused-ring (bicyclic) bond motifs is 4. The second kappa shape index (κ2) is 12.1. The zero-order valence-corrected chi connectivity index (χ0v) is 25.5. The number of ether oxygens (including phenoxy) is 6. The van der Waals surface area contributed by atoms with E-state index in [1.54, 1.807) is 7.11 Å². The van der Waals surface area contributed by atoms with Crippen molar-refractivity contribution in [2.24, 2.45) is 35.5 Å². The van der Waals surface area contributed by atoms with Gasteiger partial charge in [0.25, 0.3) is 0 Å². The number of carbonyl (C=O) groups is 1. The van der Waals surface area contributed by atoms with Gasteiger partial charge in [-0.1, -0.05) is 53.7 Å². The Balaban J connectivity index is 1.72. The summed E-state index contributed by atoms with van der Waals surface area (Å²) in [6.45, 7) is 18.9. The van der Waals surface area contributed by atoms with Crippen molar-refractivity contribution in [3.63, 3.8) is 0 Å². The SMILES string of the molecule is CC[C@H]1OC(=O)[C@H](C)[C@H]2OC(C)(C)O[C@H]([C@H]2C)[C@@H](C)C[C@@H](C)[C@@H]2O[C@@H](c3ccc(OC)cc3)O[C@H]([C@H]2C)[C@H]1C. The molecule has 220 valence electrons. The van der Waals surface area contributed by atoms with E-state index in [-0.39, 0.29) is 66.1 Å². The first-order valence-corrected chi connectivity index (χ1v) is 14.9. The van der Waals surface area contributed by atoms with Gasteiger partial charge in [-0.25, -0.2) is 0 Å². The summed E-state index contributed by atoms with van der Waals surface area (Å²) in [5.74, 6) is 0.0169. The number of hydrogen-bond acceptors (Lipinski definition) is 7. The Bertz CT molecular complexity index is 962. The van der Waals surface area contributed by atoms with E-state index >= 15 is 0 Å². The molecule has 0 saturated carbocycles. The molecule has 12 atom stereocenters. The highest BCUT2D eigenvalue weighted by Gasteiger charge is 2.50. The molecule has 1 aromatic rings. The summed E-state index contributed by atoms with van der Waals surface area (Å²) in [7, 11) is 1.66. The molecule has 1 aromatic carbocycles. The third-order valence-electron chi connectivity index (χ3n) is 9.37. The normalized spacial score (nSPS) is 43.2. The summed E-state index contributed by atoms with van der Waals surface area (Å²) in [5, 5.41) is 0. The minimum Gasteiger partial charge on any atom is -0.497 e. The predicted octanol–water partition coefficient (Wildman–Crippen LogP) is 6.54. The first-order chi connectivity index (χ1) is 18.4. The molecule has 0 aromatic heterocycles. The molecule has 0 spiro atoms. The van der Waals surface area contributed by atoms with Crippen LogP contribution in [0.25, 0.3) is 0 Å². The van der Waals surface area contributed by atoms with Gasteiger partial charge in [0, 0.05) is 23.3 Å². The monoisotopic (exact) mass is 546 g/mol. The number of hydrogen-bond donors (Lipinski definition) is 0. The molecule has 39 heavy (non-hydrogen) atoms. The Hall–Kier alpha value is -1.67. The van der Waals surface area contributed by atoms with Crippen LogP contribution in [0.3, 0.4) is 0 Å². The molecule has 4 bridgehead atoms. The smallest absolute Gasteiger partial charge is 0.311 e. The van der Waals surface area contributed by atoms with E-state index in [4.69, 9.17) is 28.4 Å². The summed E-state index contributed by atoms with van der Waals surface area (Å²) in [5.41, 5.74) is 0.955. The van der Waals surface area contributed by atoms with Crippen molar-refractivity contribution in [3.05, 3.63) is 29.8 Å². The molecule has 3 saturated heterocycles. The van der Waals surface area contributed by atoms with E-state index in [0.29, 0.717) is 6.42 Å². The topological polar surface area (TPSA) is 72.5 Å². The minimum absolute atomic E-state index is 0.0157. The van der Waals surface area contributed by atoms with E-state index < -0.39 is 18.0 Å². The van der Waals surface area contributed by atoms with Crippen LogP contribution in [0.2, 0.25) is 0 Å². The van der Waals surface area contributed by atoms with Crippen LogP contribution in [-0.4, -0.2) is 49.4 Å². The molecule has 3 aliphatic heterocycles. The first kappa shape index (κ1) is 30.3. The number of benzene rings is 1. The summed E-state index contributed by atoms with van der Waals surface area (Å²) in [4.78, 5) is 13.6. The van der Waals surface area contributed by atoms with Crippen LogP contribution in [0.4, 0.5) is 0 Å². The zero-order chi connectivity index (χ0) is 28.6. The predicted molar refractivity (Wildman–Crippen MR) is 149 cm³/mol. The van der Waals surface area contributed by atoms with Crippen molar-refractivity contribution in [1.82, 2.24) is 0 Å². The number of esters is 1. The molecule has 3 fully saturated rings. The van der Waals surface area contributed by atoms with E-state index in [0.717, 1.165) is 17.7 Å². The zero-order valence-electron chi connectivity index (χ0n) is 25.5. The van der Waals surface area contributed by atoms with Gasteiger partial charge in [-0.05, 0) is 57.6 Å². The standard InChI is InChI=1S/C32H50O7/c1-11-25-19(4)28-20(5)26(36-31(37-28)23-12-14-24(34-10)15-13-23)17(2)16-18(3)27-21(6)29(22(7)30(33)35-25)39-32(8,9)38-27/h12-15,17-22,25-29,31H,11,16H2,1-10H3/t17-,18+,19+,20+,21-,22-,25-,26+,27+,28+,29+,31-/m1/s1. The molecule has 0 radical (unpaired) electrons. The molecule has 7 heteroatoms.